The molecular weight excluding hydrogens is 757 g/mol. The predicted molar refractivity (Wildman–Crippen MR) is 267 cm³/mol. The topological polar surface area (TPSA) is 0 Å². The van der Waals surface area contributed by atoms with Gasteiger partial charge in [-0.3, -0.25) is 0 Å². The Bertz CT molecular complexity index is 3360. The monoisotopic (exact) mass is 798 g/mol. The van der Waals surface area contributed by atoms with Gasteiger partial charge in [0.05, 0.1) is 0 Å². The maximum absolute atomic E-state index is 2.49. The second-order valence-corrected chi connectivity index (χ2v) is 16.8. The minimum Gasteiger partial charge on any atom is -0.0622 e. The molecule has 0 aliphatic heterocycles. The van der Waals surface area contributed by atoms with Gasteiger partial charge in [-0.2, -0.15) is 0 Å². The Morgan fingerprint density at radius 3 is 1.16 bits per heavy atom. The number of hydrogen-bond donors (Lipinski definition) is 0. The van der Waals surface area contributed by atoms with Crippen LogP contribution in [-0.2, 0) is 0 Å². The first-order valence-electron chi connectivity index (χ1n) is 21.9. The standard InChI is InChI=1S/C63H42/c1-4-17-42(18-5-1)47-23-16-24-48(37-47)63-55-26-11-10-25-53(55)54-36-35-49(41-60(54)63)62-58-29-14-12-27-56(58)61(57-28-13-15-30-59(57)62)46-33-31-45(32-34-46)52-39-50(43-19-6-2-7-20-43)38-51(40-52)44-21-8-3-9-22-44/h1-41,63H. The van der Waals surface area contributed by atoms with Crippen LogP contribution in [0.15, 0.2) is 249 Å². The summed E-state index contributed by atoms with van der Waals surface area (Å²) in [5.41, 5.74) is 21.4. The van der Waals surface area contributed by atoms with E-state index in [-0.39, 0.29) is 5.92 Å². The molecule has 1 aliphatic carbocycles. The Kier molecular flexibility index (Phi) is 9.01. The van der Waals surface area contributed by atoms with Gasteiger partial charge in [0.15, 0.2) is 0 Å². The molecule has 1 aliphatic rings. The third-order valence-electron chi connectivity index (χ3n) is 13.1. The second kappa shape index (κ2) is 15.4. The van der Waals surface area contributed by atoms with Crippen LogP contribution in [-0.4, -0.2) is 0 Å². The molecule has 63 heavy (non-hydrogen) atoms. The Balaban J connectivity index is 0.989. The van der Waals surface area contributed by atoms with Crippen molar-refractivity contribution in [2.24, 2.45) is 0 Å². The maximum atomic E-state index is 2.49. The van der Waals surface area contributed by atoms with Crippen LogP contribution in [0.2, 0.25) is 0 Å². The molecule has 0 spiro atoms. The van der Waals surface area contributed by atoms with Crippen LogP contribution in [0.4, 0.5) is 0 Å². The van der Waals surface area contributed by atoms with Crippen molar-refractivity contribution in [3.05, 3.63) is 265 Å². The molecule has 11 aromatic rings. The largest absolute Gasteiger partial charge is 0.0622 e. The highest BCUT2D eigenvalue weighted by Gasteiger charge is 2.31. The molecule has 0 fully saturated rings. The molecule has 11 aromatic carbocycles. The summed E-state index contributed by atoms with van der Waals surface area (Å²) in [6.07, 6.45) is 0. The van der Waals surface area contributed by atoms with Gasteiger partial charge in [-0.05, 0) is 140 Å². The fourth-order valence-electron chi connectivity index (χ4n) is 10.2. The first-order chi connectivity index (χ1) is 31.2. The quantitative estimate of drug-likeness (QED) is 0.141. The van der Waals surface area contributed by atoms with Gasteiger partial charge in [-0.1, -0.05) is 224 Å². The minimum atomic E-state index is 0.132. The lowest BCUT2D eigenvalue weighted by Crippen LogP contribution is -2.00. The lowest BCUT2D eigenvalue weighted by atomic mass is 9.83. The molecule has 0 saturated heterocycles. The summed E-state index contributed by atoms with van der Waals surface area (Å²) in [4.78, 5) is 0. The molecule has 0 saturated carbocycles. The molecule has 1 unspecified atom stereocenters. The Hall–Kier alpha value is -8.06. The summed E-state index contributed by atoms with van der Waals surface area (Å²) in [6.45, 7) is 0. The zero-order valence-electron chi connectivity index (χ0n) is 34.7. The second-order valence-electron chi connectivity index (χ2n) is 16.8. The van der Waals surface area contributed by atoms with E-state index < -0.39 is 0 Å². The van der Waals surface area contributed by atoms with Gasteiger partial charge in [0.25, 0.3) is 0 Å². The van der Waals surface area contributed by atoms with Crippen LogP contribution in [0.5, 0.6) is 0 Å². The smallest absolute Gasteiger partial charge is 0.0352 e. The first-order valence-corrected chi connectivity index (χ1v) is 21.9. The summed E-state index contributed by atoms with van der Waals surface area (Å²) in [6, 6.07) is 91.7. The van der Waals surface area contributed by atoms with E-state index in [0.717, 1.165) is 0 Å². The average molecular weight is 799 g/mol. The van der Waals surface area contributed by atoms with Gasteiger partial charge in [-0.15, -0.1) is 0 Å². The van der Waals surface area contributed by atoms with Crippen molar-refractivity contribution in [1.82, 2.24) is 0 Å². The van der Waals surface area contributed by atoms with Gasteiger partial charge in [-0.25, -0.2) is 0 Å². The van der Waals surface area contributed by atoms with E-state index in [1.165, 1.54) is 116 Å². The van der Waals surface area contributed by atoms with E-state index in [2.05, 4.69) is 249 Å². The molecule has 0 radical (unpaired) electrons. The molecule has 0 bridgehead atoms. The Labute approximate surface area is 369 Å². The first kappa shape index (κ1) is 36.8. The van der Waals surface area contributed by atoms with Crippen LogP contribution < -0.4 is 0 Å². The lowest BCUT2D eigenvalue weighted by Gasteiger charge is -2.20. The van der Waals surface area contributed by atoms with E-state index in [1.807, 2.05) is 0 Å². The van der Waals surface area contributed by atoms with Crippen molar-refractivity contribution >= 4 is 21.5 Å². The molecule has 0 nitrogen and oxygen atoms in total. The summed E-state index contributed by atoms with van der Waals surface area (Å²) >= 11 is 0. The van der Waals surface area contributed by atoms with Crippen molar-refractivity contribution in [2.45, 2.75) is 5.92 Å². The molecule has 0 amide bonds. The van der Waals surface area contributed by atoms with E-state index in [1.54, 1.807) is 0 Å². The molecule has 0 aromatic heterocycles. The number of hydrogen-bond acceptors (Lipinski definition) is 0. The highest BCUT2D eigenvalue weighted by molar-refractivity contribution is 6.21. The third-order valence-corrected chi connectivity index (χ3v) is 13.1. The van der Waals surface area contributed by atoms with Gasteiger partial charge in [0.2, 0.25) is 0 Å². The minimum absolute atomic E-state index is 0.132. The van der Waals surface area contributed by atoms with Gasteiger partial charge >= 0.3 is 0 Å². The van der Waals surface area contributed by atoms with E-state index in [4.69, 9.17) is 0 Å². The Morgan fingerprint density at radius 1 is 0.206 bits per heavy atom. The molecular formula is C63H42. The molecule has 12 rings (SSSR count). The third kappa shape index (κ3) is 6.47. The zero-order valence-corrected chi connectivity index (χ0v) is 34.7. The predicted octanol–water partition coefficient (Wildman–Crippen LogP) is 17.2. The van der Waals surface area contributed by atoms with Crippen LogP contribution >= 0.6 is 0 Å². The SMILES string of the molecule is c1ccc(-c2cc(-c3ccccc3)cc(-c3ccc(-c4c5ccccc5c(-c5ccc6c(c5)C(c5cccc(-c7ccccc7)c5)c5ccccc5-6)c5ccccc45)cc3)c2)cc1. The van der Waals surface area contributed by atoms with Crippen LogP contribution in [0.1, 0.15) is 22.6 Å². The highest BCUT2D eigenvalue weighted by atomic mass is 14.3. The van der Waals surface area contributed by atoms with E-state index in [9.17, 15) is 0 Å². The number of fused-ring (bicyclic) bond motifs is 5. The normalized spacial score (nSPS) is 12.9. The van der Waals surface area contributed by atoms with Crippen molar-refractivity contribution in [3.8, 4) is 77.9 Å². The number of benzene rings is 11. The zero-order chi connectivity index (χ0) is 41.7. The van der Waals surface area contributed by atoms with Crippen LogP contribution in [0.25, 0.3) is 99.4 Å². The molecule has 294 valence electrons. The van der Waals surface area contributed by atoms with Gasteiger partial charge < -0.3 is 0 Å². The fraction of sp³-hybridized carbons (Fsp3) is 0.0159. The van der Waals surface area contributed by atoms with E-state index >= 15 is 0 Å². The van der Waals surface area contributed by atoms with Crippen molar-refractivity contribution in [3.63, 3.8) is 0 Å². The molecule has 0 N–H and O–H groups in total. The summed E-state index contributed by atoms with van der Waals surface area (Å²) < 4.78 is 0. The fourth-order valence-corrected chi connectivity index (χ4v) is 10.2. The molecule has 1 atom stereocenters. The van der Waals surface area contributed by atoms with Gasteiger partial charge in [0.1, 0.15) is 0 Å². The summed E-state index contributed by atoms with van der Waals surface area (Å²) in [7, 11) is 0. The van der Waals surface area contributed by atoms with Crippen molar-refractivity contribution in [1.29, 1.82) is 0 Å². The Morgan fingerprint density at radius 2 is 0.603 bits per heavy atom. The van der Waals surface area contributed by atoms with Crippen molar-refractivity contribution < 1.29 is 0 Å². The summed E-state index contributed by atoms with van der Waals surface area (Å²) in [5.74, 6) is 0.132. The molecule has 0 heterocycles. The van der Waals surface area contributed by atoms with E-state index in [0.29, 0.717) is 0 Å². The summed E-state index contributed by atoms with van der Waals surface area (Å²) in [5, 5.41) is 5.03. The highest BCUT2D eigenvalue weighted by Crippen LogP contribution is 2.51. The lowest BCUT2D eigenvalue weighted by molar-refractivity contribution is 1.02. The van der Waals surface area contributed by atoms with Crippen LogP contribution in [0, 0.1) is 0 Å². The van der Waals surface area contributed by atoms with Crippen molar-refractivity contribution in [2.75, 3.05) is 0 Å². The van der Waals surface area contributed by atoms with Gasteiger partial charge in [0, 0.05) is 5.92 Å². The molecule has 0 heteroatoms. The maximum Gasteiger partial charge on any atom is 0.0352 e. The number of rotatable bonds is 7. The van der Waals surface area contributed by atoms with Crippen LogP contribution in [0.3, 0.4) is 0 Å². The average Bonchev–Trinajstić information content (AvgIpc) is 3.70.